The second-order valence-corrected chi connectivity index (χ2v) is 4.37. The molecule has 1 aliphatic heterocycles. The fourth-order valence-corrected chi connectivity index (χ4v) is 2.33. The van der Waals surface area contributed by atoms with E-state index in [1.165, 1.54) is 6.07 Å². The van der Waals surface area contributed by atoms with E-state index in [4.69, 9.17) is 10.8 Å². The first-order valence-corrected chi connectivity index (χ1v) is 5.74. The Bertz CT molecular complexity index is 479. The number of nitrogen functional groups attached to an aromatic ring is 1. The highest BCUT2D eigenvalue weighted by molar-refractivity contribution is 5.95. The number of hydrogen-bond donors (Lipinski definition) is 3. The zero-order chi connectivity index (χ0) is 13.3. The number of carboxylic acid groups (broad SMARTS) is 1. The Balaban J connectivity index is 2.44. The van der Waals surface area contributed by atoms with E-state index < -0.39 is 11.8 Å². The topological polar surface area (TPSA) is 86.8 Å². The average Bonchev–Trinajstić information content (AvgIpc) is 2.76. The molecule has 1 aromatic carbocycles. The number of aliphatic hydroxyl groups is 1. The van der Waals surface area contributed by atoms with Gasteiger partial charge in [0.1, 0.15) is 5.82 Å². The van der Waals surface area contributed by atoms with Crippen molar-refractivity contribution >= 4 is 17.3 Å². The predicted molar refractivity (Wildman–Crippen MR) is 65.2 cm³/mol. The normalized spacial score (nSPS) is 19.2. The van der Waals surface area contributed by atoms with E-state index >= 15 is 0 Å². The molecule has 0 aromatic heterocycles. The van der Waals surface area contributed by atoms with Gasteiger partial charge in [-0.05, 0) is 25.0 Å². The summed E-state index contributed by atoms with van der Waals surface area (Å²) in [5.74, 6) is -1.74. The van der Waals surface area contributed by atoms with Crippen molar-refractivity contribution in [1.82, 2.24) is 0 Å². The van der Waals surface area contributed by atoms with Crippen LogP contribution in [0.5, 0.6) is 0 Å². The number of benzene rings is 1. The summed E-state index contributed by atoms with van der Waals surface area (Å²) in [6.45, 7) is 0.525. The number of hydrogen-bond acceptors (Lipinski definition) is 4. The number of carboxylic acids is 1. The summed E-state index contributed by atoms with van der Waals surface area (Å²) in [6, 6.07) is 2.09. The number of halogens is 1. The highest BCUT2D eigenvalue weighted by atomic mass is 19.1. The second-order valence-electron chi connectivity index (χ2n) is 4.37. The highest BCUT2D eigenvalue weighted by Crippen LogP contribution is 2.31. The van der Waals surface area contributed by atoms with Crippen molar-refractivity contribution in [1.29, 1.82) is 0 Å². The van der Waals surface area contributed by atoms with Gasteiger partial charge < -0.3 is 20.8 Å². The average molecular weight is 254 g/mol. The quantitative estimate of drug-likeness (QED) is 0.702. The fraction of sp³-hybridized carbons (Fsp3) is 0.417. The number of anilines is 2. The van der Waals surface area contributed by atoms with Crippen molar-refractivity contribution in [3.63, 3.8) is 0 Å². The van der Waals surface area contributed by atoms with Crippen LogP contribution in [-0.2, 0) is 0 Å². The zero-order valence-corrected chi connectivity index (χ0v) is 9.77. The third kappa shape index (κ3) is 2.11. The van der Waals surface area contributed by atoms with Gasteiger partial charge in [0.2, 0.25) is 0 Å². The summed E-state index contributed by atoms with van der Waals surface area (Å²) in [5, 5.41) is 18.2. The van der Waals surface area contributed by atoms with E-state index in [-0.39, 0.29) is 29.6 Å². The SMILES string of the molecule is Nc1cc(F)c(N2CCCC2CO)cc1C(=O)O. The van der Waals surface area contributed by atoms with Crippen LogP contribution in [0, 0.1) is 5.82 Å². The first kappa shape index (κ1) is 12.6. The molecule has 18 heavy (non-hydrogen) atoms. The van der Waals surface area contributed by atoms with Gasteiger partial charge in [-0.2, -0.15) is 0 Å². The van der Waals surface area contributed by atoms with Gasteiger partial charge in [0.05, 0.1) is 23.9 Å². The summed E-state index contributed by atoms with van der Waals surface area (Å²) < 4.78 is 13.9. The van der Waals surface area contributed by atoms with E-state index in [0.29, 0.717) is 6.54 Å². The summed E-state index contributed by atoms with van der Waals surface area (Å²) in [6.07, 6.45) is 1.61. The first-order valence-electron chi connectivity index (χ1n) is 5.74. The lowest BCUT2D eigenvalue weighted by molar-refractivity contribution is 0.0698. The maximum Gasteiger partial charge on any atom is 0.337 e. The van der Waals surface area contributed by atoms with Crippen LogP contribution in [0.3, 0.4) is 0 Å². The van der Waals surface area contributed by atoms with Gasteiger partial charge in [0, 0.05) is 12.2 Å². The number of aromatic carboxylic acids is 1. The minimum Gasteiger partial charge on any atom is -0.478 e. The number of carbonyl (C=O) groups is 1. The predicted octanol–water partition coefficient (Wildman–Crippen LogP) is 1.07. The molecule has 98 valence electrons. The molecular weight excluding hydrogens is 239 g/mol. The van der Waals surface area contributed by atoms with E-state index in [1.807, 2.05) is 0 Å². The molecule has 1 saturated heterocycles. The molecule has 0 amide bonds. The highest BCUT2D eigenvalue weighted by Gasteiger charge is 2.27. The van der Waals surface area contributed by atoms with Crippen LogP contribution < -0.4 is 10.6 Å². The molecular formula is C12H15FN2O3. The molecule has 1 fully saturated rings. The third-order valence-electron chi connectivity index (χ3n) is 3.25. The minimum absolute atomic E-state index is 0.0772. The van der Waals surface area contributed by atoms with Crippen molar-refractivity contribution in [3.8, 4) is 0 Å². The minimum atomic E-state index is -1.19. The molecule has 5 nitrogen and oxygen atoms in total. The fourth-order valence-electron chi connectivity index (χ4n) is 2.33. The molecule has 1 heterocycles. The largest absolute Gasteiger partial charge is 0.478 e. The summed E-state index contributed by atoms with van der Waals surface area (Å²) >= 11 is 0. The number of nitrogens with two attached hydrogens (primary N) is 1. The molecule has 2 rings (SSSR count). The Morgan fingerprint density at radius 3 is 2.89 bits per heavy atom. The molecule has 0 radical (unpaired) electrons. The molecule has 1 aromatic rings. The van der Waals surface area contributed by atoms with Crippen LogP contribution in [0.1, 0.15) is 23.2 Å². The van der Waals surface area contributed by atoms with Gasteiger partial charge in [0.15, 0.2) is 0 Å². The van der Waals surface area contributed by atoms with Crippen molar-refractivity contribution in [3.05, 3.63) is 23.5 Å². The Kier molecular flexibility index (Phi) is 3.38. The van der Waals surface area contributed by atoms with Crippen molar-refractivity contribution in [2.75, 3.05) is 23.8 Å². The van der Waals surface area contributed by atoms with Crippen LogP contribution in [-0.4, -0.2) is 35.4 Å². The third-order valence-corrected chi connectivity index (χ3v) is 3.25. The van der Waals surface area contributed by atoms with Gasteiger partial charge >= 0.3 is 5.97 Å². The zero-order valence-electron chi connectivity index (χ0n) is 9.77. The molecule has 6 heteroatoms. The molecule has 1 unspecified atom stereocenters. The smallest absolute Gasteiger partial charge is 0.337 e. The molecule has 0 spiro atoms. The van der Waals surface area contributed by atoms with E-state index in [0.717, 1.165) is 18.9 Å². The number of rotatable bonds is 3. The second kappa shape index (κ2) is 4.81. The van der Waals surface area contributed by atoms with Crippen LogP contribution >= 0.6 is 0 Å². The molecule has 0 aliphatic carbocycles. The van der Waals surface area contributed by atoms with Crippen molar-refractivity contribution in [2.24, 2.45) is 0 Å². The molecule has 4 N–H and O–H groups in total. The maximum atomic E-state index is 13.9. The number of aliphatic hydroxyl groups excluding tert-OH is 1. The van der Waals surface area contributed by atoms with Gasteiger partial charge in [-0.15, -0.1) is 0 Å². The Morgan fingerprint density at radius 1 is 1.56 bits per heavy atom. The molecule has 1 atom stereocenters. The molecule has 1 aliphatic rings. The summed E-state index contributed by atoms with van der Waals surface area (Å²) in [5.41, 5.74) is 5.45. The summed E-state index contributed by atoms with van der Waals surface area (Å²) in [4.78, 5) is 12.7. The van der Waals surface area contributed by atoms with Gasteiger partial charge in [-0.1, -0.05) is 0 Å². The molecule has 0 bridgehead atoms. The van der Waals surface area contributed by atoms with Gasteiger partial charge in [-0.3, -0.25) is 0 Å². The summed E-state index contributed by atoms with van der Waals surface area (Å²) in [7, 11) is 0. The van der Waals surface area contributed by atoms with Crippen LogP contribution in [0.4, 0.5) is 15.8 Å². The van der Waals surface area contributed by atoms with Crippen LogP contribution in [0.2, 0.25) is 0 Å². The van der Waals surface area contributed by atoms with Crippen molar-refractivity contribution < 1.29 is 19.4 Å². The monoisotopic (exact) mass is 254 g/mol. The van der Waals surface area contributed by atoms with Crippen LogP contribution in [0.15, 0.2) is 12.1 Å². The maximum absolute atomic E-state index is 13.9. The Hall–Kier alpha value is -1.82. The Labute approximate surface area is 104 Å². The first-order chi connectivity index (χ1) is 8.54. The van der Waals surface area contributed by atoms with Gasteiger partial charge in [-0.25, -0.2) is 9.18 Å². The lowest BCUT2D eigenvalue weighted by Gasteiger charge is -2.26. The van der Waals surface area contributed by atoms with Crippen LogP contribution in [0.25, 0.3) is 0 Å². The van der Waals surface area contributed by atoms with Gasteiger partial charge in [0.25, 0.3) is 0 Å². The van der Waals surface area contributed by atoms with E-state index in [9.17, 15) is 14.3 Å². The van der Waals surface area contributed by atoms with E-state index in [1.54, 1.807) is 4.90 Å². The number of nitrogens with zero attached hydrogens (tertiary/aromatic N) is 1. The molecule has 0 saturated carbocycles. The standard InChI is InChI=1S/C12H15FN2O3/c13-9-5-10(14)8(12(17)18)4-11(9)15-3-1-2-7(15)6-16/h4-5,7,16H,1-3,6,14H2,(H,17,18). The lowest BCUT2D eigenvalue weighted by Crippen LogP contribution is -2.33. The van der Waals surface area contributed by atoms with E-state index in [2.05, 4.69) is 0 Å². The van der Waals surface area contributed by atoms with Crippen molar-refractivity contribution in [2.45, 2.75) is 18.9 Å². The Morgan fingerprint density at radius 2 is 2.28 bits per heavy atom. The lowest BCUT2D eigenvalue weighted by atomic mass is 10.1.